The van der Waals surface area contributed by atoms with Crippen molar-refractivity contribution in [1.82, 2.24) is 15.1 Å². The first-order chi connectivity index (χ1) is 13.0. The van der Waals surface area contributed by atoms with E-state index in [0.29, 0.717) is 18.3 Å². The van der Waals surface area contributed by atoms with Crippen LogP contribution < -0.4 is 5.32 Å². The minimum Gasteiger partial charge on any atom is -0.362 e. The van der Waals surface area contributed by atoms with Gasteiger partial charge in [-0.1, -0.05) is 49.4 Å². The van der Waals surface area contributed by atoms with Crippen molar-refractivity contribution in [2.24, 2.45) is 0 Å². The lowest BCUT2D eigenvalue weighted by Gasteiger charge is -2.12. The van der Waals surface area contributed by atoms with Crippen molar-refractivity contribution in [3.05, 3.63) is 64.8 Å². The Bertz CT molecular complexity index is 1000. The van der Waals surface area contributed by atoms with Crippen molar-refractivity contribution in [3.8, 4) is 0 Å². The van der Waals surface area contributed by atoms with Crippen LogP contribution in [-0.4, -0.2) is 15.1 Å². The van der Waals surface area contributed by atoms with E-state index in [2.05, 4.69) is 52.5 Å². The van der Waals surface area contributed by atoms with E-state index in [9.17, 15) is 0 Å². The van der Waals surface area contributed by atoms with Crippen LogP contribution in [-0.2, 0) is 6.54 Å². The molecule has 1 N–H and O–H groups in total. The lowest BCUT2D eigenvalue weighted by molar-refractivity contribution is 0.379. The van der Waals surface area contributed by atoms with Crippen LogP contribution >= 0.6 is 11.6 Å². The first-order valence-corrected chi connectivity index (χ1v) is 9.36. The van der Waals surface area contributed by atoms with E-state index in [4.69, 9.17) is 16.1 Å². The molecule has 0 atom stereocenters. The Morgan fingerprint density at radius 2 is 2.07 bits per heavy atom. The fraction of sp³-hybridized carbons (Fsp3) is 0.286. The van der Waals surface area contributed by atoms with Crippen molar-refractivity contribution in [2.45, 2.75) is 40.2 Å². The number of fused-ring (bicyclic) bond motifs is 1. The predicted octanol–water partition coefficient (Wildman–Crippen LogP) is 5.99. The standard InChI is InChI=1S/C21H23ClN4O/c1-5-8-14(6-2)16-9-7-10-17-19(16)20(25-21(22)24-17)23-12-15-11-18(13(3)4)26-27-15/h5-11,13H,12H2,1-4H3,(H,23,24,25)/b8-5-,14-6+. The van der Waals surface area contributed by atoms with Crippen LogP contribution in [0.3, 0.4) is 0 Å². The van der Waals surface area contributed by atoms with E-state index < -0.39 is 0 Å². The summed E-state index contributed by atoms with van der Waals surface area (Å²) in [6.45, 7) is 8.64. The minimum atomic E-state index is 0.204. The molecule has 2 aromatic heterocycles. The summed E-state index contributed by atoms with van der Waals surface area (Å²) in [6, 6.07) is 7.93. The molecule has 0 aliphatic carbocycles. The second-order valence-electron chi connectivity index (χ2n) is 6.51. The van der Waals surface area contributed by atoms with Gasteiger partial charge in [0.1, 0.15) is 5.82 Å². The van der Waals surface area contributed by atoms with Crippen molar-refractivity contribution in [2.75, 3.05) is 5.32 Å². The number of anilines is 1. The van der Waals surface area contributed by atoms with Gasteiger partial charge >= 0.3 is 0 Å². The summed E-state index contributed by atoms with van der Waals surface area (Å²) in [5.41, 5.74) is 3.87. The lowest BCUT2D eigenvalue weighted by atomic mass is 10.00. The van der Waals surface area contributed by atoms with Gasteiger partial charge in [0.25, 0.3) is 0 Å². The van der Waals surface area contributed by atoms with Crippen molar-refractivity contribution < 1.29 is 4.52 Å². The third-order valence-corrected chi connectivity index (χ3v) is 4.43. The first-order valence-electron chi connectivity index (χ1n) is 8.98. The number of allylic oxidation sites excluding steroid dienone is 4. The molecule has 5 nitrogen and oxygen atoms in total. The third kappa shape index (κ3) is 4.19. The van der Waals surface area contributed by atoms with E-state index in [0.717, 1.165) is 33.5 Å². The van der Waals surface area contributed by atoms with Crippen molar-refractivity contribution >= 4 is 33.9 Å². The Morgan fingerprint density at radius 1 is 1.26 bits per heavy atom. The molecular weight excluding hydrogens is 360 g/mol. The molecule has 3 rings (SSSR count). The Labute approximate surface area is 164 Å². The van der Waals surface area contributed by atoms with Gasteiger partial charge in [0.2, 0.25) is 5.28 Å². The molecule has 0 saturated heterocycles. The van der Waals surface area contributed by atoms with Gasteiger partial charge in [-0.05, 0) is 48.6 Å². The van der Waals surface area contributed by atoms with Crippen LogP contribution in [0.5, 0.6) is 0 Å². The average molecular weight is 383 g/mol. The van der Waals surface area contributed by atoms with Gasteiger partial charge < -0.3 is 9.84 Å². The fourth-order valence-electron chi connectivity index (χ4n) is 2.90. The third-order valence-electron chi connectivity index (χ3n) is 4.26. The molecule has 0 spiro atoms. The van der Waals surface area contributed by atoms with Gasteiger partial charge in [0.15, 0.2) is 5.76 Å². The highest BCUT2D eigenvalue weighted by atomic mass is 35.5. The van der Waals surface area contributed by atoms with Crippen LogP contribution in [0.15, 0.2) is 47.0 Å². The number of halogens is 1. The van der Waals surface area contributed by atoms with Crippen molar-refractivity contribution in [1.29, 1.82) is 0 Å². The van der Waals surface area contributed by atoms with Gasteiger partial charge in [0.05, 0.1) is 23.1 Å². The summed E-state index contributed by atoms with van der Waals surface area (Å²) in [5.74, 6) is 1.74. The smallest absolute Gasteiger partial charge is 0.224 e. The van der Waals surface area contributed by atoms with Crippen LogP contribution in [0.1, 0.15) is 50.6 Å². The van der Waals surface area contributed by atoms with Crippen LogP contribution in [0.4, 0.5) is 5.82 Å². The second-order valence-corrected chi connectivity index (χ2v) is 6.85. The van der Waals surface area contributed by atoms with E-state index in [1.54, 1.807) is 0 Å². The van der Waals surface area contributed by atoms with Gasteiger partial charge in [-0.3, -0.25) is 0 Å². The molecule has 0 amide bonds. The van der Waals surface area contributed by atoms with Crippen molar-refractivity contribution in [3.63, 3.8) is 0 Å². The molecule has 3 aromatic rings. The highest BCUT2D eigenvalue weighted by molar-refractivity contribution is 6.29. The van der Waals surface area contributed by atoms with Crippen LogP contribution in [0, 0.1) is 0 Å². The highest BCUT2D eigenvalue weighted by Gasteiger charge is 2.14. The quantitative estimate of drug-likeness (QED) is 0.419. The maximum absolute atomic E-state index is 6.15. The second kappa shape index (κ2) is 8.35. The SMILES string of the molecule is C/C=C\C(=C/C)c1cccc2nc(Cl)nc(NCc3cc(C(C)C)no3)c12. The Kier molecular flexibility index (Phi) is 5.91. The normalized spacial score (nSPS) is 12.4. The molecule has 0 saturated carbocycles. The Hall–Kier alpha value is -2.66. The lowest BCUT2D eigenvalue weighted by Crippen LogP contribution is -2.04. The average Bonchev–Trinajstić information content (AvgIpc) is 3.13. The van der Waals surface area contributed by atoms with Crippen LogP contribution in [0.25, 0.3) is 16.5 Å². The number of aromatic nitrogens is 3. The molecule has 27 heavy (non-hydrogen) atoms. The summed E-state index contributed by atoms with van der Waals surface area (Å²) in [5, 5.41) is 8.57. The Morgan fingerprint density at radius 3 is 2.74 bits per heavy atom. The maximum atomic E-state index is 6.15. The Balaban J connectivity index is 2.03. The van der Waals surface area contributed by atoms with E-state index in [1.807, 2.05) is 38.1 Å². The van der Waals surface area contributed by atoms with E-state index in [1.165, 1.54) is 0 Å². The van der Waals surface area contributed by atoms with E-state index >= 15 is 0 Å². The molecule has 140 valence electrons. The molecule has 0 fully saturated rings. The number of hydrogen-bond donors (Lipinski definition) is 1. The zero-order valence-electron chi connectivity index (χ0n) is 16.0. The fourth-order valence-corrected chi connectivity index (χ4v) is 3.08. The number of nitrogens with one attached hydrogen (secondary N) is 1. The number of rotatable bonds is 6. The minimum absolute atomic E-state index is 0.204. The molecule has 0 aliphatic rings. The summed E-state index contributed by atoms with van der Waals surface area (Å²) >= 11 is 6.15. The first kappa shape index (κ1) is 19.1. The van der Waals surface area contributed by atoms with Gasteiger partial charge in [0, 0.05) is 6.07 Å². The zero-order chi connectivity index (χ0) is 19.4. The summed E-state index contributed by atoms with van der Waals surface area (Å²) in [7, 11) is 0. The molecule has 0 bridgehead atoms. The number of hydrogen-bond acceptors (Lipinski definition) is 5. The predicted molar refractivity (Wildman–Crippen MR) is 111 cm³/mol. The van der Waals surface area contributed by atoms with Gasteiger partial charge in [-0.2, -0.15) is 0 Å². The summed E-state index contributed by atoms with van der Waals surface area (Å²) < 4.78 is 5.42. The molecular formula is C21H23ClN4O. The van der Waals surface area contributed by atoms with Crippen LogP contribution in [0.2, 0.25) is 5.28 Å². The number of benzene rings is 1. The zero-order valence-corrected chi connectivity index (χ0v) is 16.7. The topological polar surface area (TPSA) is 63.8 Å². The monoisotopic (exact) mass is 382 g/mol. The van der Waals surface area contributed by atoms with Gasteiger partial charge in [-0.15, -0.1) is 0 Å². The maximum Gasteiger partial charge on any atom is 0.224 e. The molecule has 6 heteroatoms. The molecule has 1 aromatic carbocycles. The molecule has 0 unspecified atom stereocenters. The summed E-state index contributed by atoms with van der Waals surface area (Å²) in [6.07, 6.45) is 6.15. The van der Waals surface area contributed by atoms with Gasteiger partial charge in [-0.25, -0.2) is 9.97 Å². The highest BCUT2D eigenvalue weighted by Crippen LogP contribution is 2.31. The van der Waals surface area contributed by atoms with E-state index in [-0.39, 0.29) is 5.28 Å². The largest absolute Gasteiger partial charge is 0.362 e. The summed E-state index contributed by atoms with van der Waals surface area (Å²) in [4.78, 5) is 8.81. The molecule has 0 aliphatic heterocycles. The molecule has 2 heterocycles. The molecule has 0 radical (unpaired) electrons. The number of nitrogens with zero attached hydrogens (tertiary/aromatic N) is 3.